The first kappa shape index (κ1) is 24.1. The van der Waals surface area contributed by atoms with Gasteiger partial charge in [-0.05, 0) is 62.6 Å². The van der Waals surface area contributed by atoms with E-state index in [2.05, 4.69) is 22.8 Å². The van der Waals surface area contributed by atoms with Crippen LogP contribution in [0.1, 0.15) is 70.4 Å². The number of phenolic OH excluding ortho intramolecular Hbond substituents is 1. The number of carbonyl (C=O) groups excluding carboxylic acids is 2. The molecule has 0 atom stereocenters. The normalized spacial score (nSPS) is 13.8. The summed E-state index contributed by atoms with van der Waals surface area (Å²) in [5, 5.41) is 17.1. The minimum absolute atomic E-state index is 0.117. The van der Waals surface area contributed by atoms with Crippen molar-refractivity contribution in [1.29, 1.82) is 0 Å². The summed E-state index contributed by atoms with van der Waals surface area (Å²) < 4.78 is 11.6. The number of aromatic hydroxyl groups is 1. The highest BCUT2D eigenvalue weighted by atomic mass is 16.5. The van der Waals surface area contributed by atoms with Crippen LogP contribution in [0.25, 0.3) is 0 Å². The van der Waals surface area contributed by atoms with Gasteiger partial charge in [-0.25, -0.2) is 5.43 Å². The van der Waals surface area contributed by atoms with Crippen LogP contribution < -0.4 is 15.5 Å². The quantitative estimate of drug-likeness (QED) is 0.306. The molecule has 1 aromatic heterocycles. The topological polar surface area (TPSA) is 113 Å². The zero-order valence-corrected chi connectivity index (χ0v) is 19.9. The molecule has 8 nitrogen and oxygen atoms in total. The van der Waals surface area contributed by atoms with Crippen LogP contribution in [0.2, 0.25) is 0 Å². The van der Waals surface area contributed by atoms with E-state index in [1.807, 2.05) is 19.1 Å². The number of unbranched alkanes of at least 4 members (excludes halogenated alkanes) is 1. The predicted molar refractivity (Wildman–Crippen MR) is 133 cm³/mol. The van der Waals surface area contributed by atoms with Gasteiger partial charge in [0.15, 0.2) is 5.76 Å². The number of benzene rings is 2. The number of amides is 2. The Morgan fingerprint density at radius 2 is 1.86 bits per heavy atom. The zero-order valence-electron chi connectivity index (χ0n) is 19.9. The number of ether oxygens (including phenoxy) is 1. The Balaban J connectivity index is 1.48. The lowest BCUT2D eigenvalue weighted by molar-refractivity contribution is 0.0950. The van der Waals surface area contributed by atoms with Gasteiger partial charge in [-0.15, -0.1) is 0 Å². The summed E-state index contributed by atoms with van der Waals surface area (Å²) in [6.07, 6.45) is 4.15. The second-order valence-electron chi connectivity index (χ2n) is 8.41. The molecule has 0 saturated heterocycles. The molecule has 0 spiro atoms. The van der Waals surface area contributed by atoms with Crippen LogP contribution in [0.5, 0.6) is 11.5 Å². The number of para-hydroxylation sites is 1. The molecule has 35 heavy (non-hydrogen) atoms. The molecule has 0 saturated carbocycles. The molecule has 1 aliphatic carbocycles. The van der Waals surface area contributed by atoms with Crippen LogP contribution in [-0.4, -0.2) is 29.2 Å². The number of nitrogens with zero attached hydrogens (tertiary/aromatic N) is 1. The minimum Gasteiger partial charge on any atom is -0.507 e. The van der Waals surface area contributed by atoms with Gasteiger partial charge in [0.05, 0.1) is 17.9 Å². The van der Waals surface area contributed by atoms with E-state index in [0.717, 1.165) is 30.6 Å². The number of furan rings is 1. The Hall–Kier alpha value is -4.07. The Labute approximate surface area is 204 Å². The molecule has 2 amide bonds. The SMILES string of the molecule is CCCCOc1ccc(NC(=O)c2oc3c(c2C)/C(=N/NC(=O)c2ccccc2O)CCC3)cc1. The van der Waals surface area contributed by atoms with Gasteiger partial charge in [-0.3, -0.25) is 9.59 Å². The largest absolute Gasteiger partial charge is 0.507 e. The van der Waals surface area contributed by atoms with Crippen LogP contribution in [0.4, 0.5) is 5.69 Å². The number of anilines is 1. The second-order valence-corrected chi connectivity index (χ2v) is 8.41. The molecule has 3 aromatic rings. The van der Waals surface area contributed by atoms with Gasteiger partial charge in [0, 0.05) is 23.2 Å². The maximum Gasteiger partial charge on any atom is 0.291 e. The first-order valence-electron chi connectivity index (χ1n) is 11.8. The van der Waals surface area contributed by atoms with Crippen molar-refractivity contribution in [2.24, 2.45) is 5.10 Å². The van der Waals surface area contributed by atoms with Crippen LogP contribution >= 0.6 is 0 Å². The monoisotopic (exact) mass is 475 g/mol. The van der Waals surface area contributed by atoms with E-state index >= 15 is 0 Å². The number of phenols is 1. The van der Waals surface area contributed by atoms with Crippen LogP contribution in [0.3, 0.4) is 0 Å². The van der Waals surface area contributed by atoms with Gasteiger partial charge < -0.3 is 19.6 Å². The molecule has 2 aromatic carbocycles. The van der Waals surface area contributed by atoms with E-state index in [1.54, 1.807) is 24.3 Å². The highest BCUT2D eigenvalue weighted by molar-refractivity contribution is 6.09. The van der Waals surface area contributed by atoms with Gasteiger partial charge in [-0.1, -0.05) is 25.5 Å². The van der Waals surface area contributed by atoms with Crippen molar-refractivity contribution in [1.82, 2.24) is 5.43 Å². The number of nitrogens with one attached hydrogen (secondary N) is 2. The van der Waals surface area contributed by atoms with E-state index in [1.165, 1.54) is 12.1 Å². The number of hydrogen-bond acceptors (Lipinski definition) is 6. The number of fused-ring (bicyclic) bond motifs is 1. The minimum atomic E-state index is -0.510. The van der Waals surface area contributed by atoms with Crippen LogP contribution in [0.15, 0.2) is 58.0 Å². The molecule has 0 bridgehead atoms. The third-order valence-electron chi connectivity index (χ3n) is 5.85. The fraction of sp³-hybridized carbons (Fsp3) is 0.296. The molecule has 0 radical (unpaired) electrons. The fourth-order valence-corrected chi connectivity index (χ4v) is 4.00. The number of aryl methyl sites for hydroxylation is 1. The van der Waals surface area contributed by atoms with Crippen molar-refractivity contribution in [2.75, 3.05) is 11.9 Å². The van der Waals surface area contributed by atoms with Crippen molar-refractivity contribution in [2.45, 2.75) is 46.0 Å². The van der Waals surface area contributed by atoms with Gasteiger partial charge in [0.2, 0.25) is 0 Å². The first-order chi connectivity index (χ1) is 17.0. The maximum atomic E-state index is 13.0. The highest BCUT2D eigenvalue weighted by Gasteiger charge is 2.28. The molecule has 182 valence electrons. The molecule has 0 fully saturated rings. The third kappa shape index (κ3) is 5.54. The number of rotatable bonds is 8. The summed E-state index contributed by atoms with van der Waals surface area (Å²) in [5.74, 6) is 0.675. The van der Waals surface area contributed by atoms with E-state index in [0.29, 0.717) is 42.2 Å². The van der Waals surface area contributed by atoms with E-state index < -0.39 is 5.91 Å². The number of hydrazone groups is 1. The summed E-state index contributed by atoms with van der Waals surface area (Å²) in [6, 6.07) is 13.5. The summed E-state index contributed by atoms with van der Waals surface area (Å²) in [5.41, 5.74) is 5.35. The number of carbonyl (C=O) groups is 2. The predicted octanol–water partition coefficient (Wildman–Crippen LogP) is 5.20. The van der Waals surface area contributed by atoms with E-state index in [9.17, 15) is 14.7 Å². The van der Waals surface area contributed by atoms with Gasteiger partial charge in [-0.2, -0.15) is 5.10 Å². The summed E-state index contributed by atoms with van der Waals surface area (Å²) in [7, 11) is 0. The van der Waals surface area contributed by atoms with Gasteiger partial charge in [0.25, 0.3) is 11.8 Å². The maximum absolute atomic E-state index is 13.0. The molecule has 1 heterocycles. The average molecular weight is 476 g/mol. The third-order valence-corrected chi connectivity index (χ3v) is 5.85. The second kappa shape index (κ2) is 10.9. The summed E-state index contributed by atoms with van der Waals surface area (Å²) >= 11 is 0. The van der Waals surface area contributed by atoms with E-state index in [4.69, 9.17) is 9.15 Å². The molecule has 0 aliphatic heterocycles. The summed E-state index contributed by atoms with van der Waals surface area (Å²) in [6.45, 7) is 4.58. The van der Waals surface area contributed by atoms with Crippen molar-refractivity contribution in [3.8, 4) is 11.5 Å². The molecule has 3 N–H and O–H groups in total. The highest BCUT2D eigenvalue weighted by Crippen LogP contribution is 2.30. The first-order valence-corrected chi connectivity index (χ1v) is 11.8. The van der Waals surface area contributed by atoms with Crippen LogP contribution in [-0.2, 0) is 6.42 Å². The lowest BCUT2D eigenvalue weighted by Crippen LogP contribution is -2.22. The van der Waals surface area contributed by atoms with Crippen molar-refractivity contribution < 1.29 is 23.8 Å². The fourth-order valence-electron chi connectivity index (χ4n) is 4.00. The zero-order chi connectivity index (χ0) is 24.8. The Morgan fingerprint density at radius 3 is 2.60 bits per heavy atom. The van der Waals surface area contributed by atoms with Gasteiger partial charge in [0.1, 0.15) is 17.3 Å². The smallest absolute Gasteiger partial charge is 0.291 e. The molecular weight excluding hydrogens is 446 g/mol. The summed E-state index contributed by atoms with van der Waals surface area (Å²) in [4.78, 5) is 25.4. The molecular formula is C27H29N3O5. The van der Waals surface area contributed by atoms with Crippen LogP contribution in [0, 0.1) is 6.92 Å². The lowest BCUT2D eigenvalue weighted by atomic mass is 9.93. The van der Waals surface area contributed by atoms with Crippen molar-refractivity contribution >= 4 is 23.2 Å². The van der Waals surface area contributed by atoms with Crippen molar-refractivity contribution in [3.05, 3.63) is 76.7 Å². The average Bonchev–Trinajstić information content (AvgIpc) is 3.21. The standard InChI is InChI=1S/C27H29N3O5/c1-3-4-16-34-19-14-12-18(13-15-19)28-27(33)25-17(2)24-21(9-7-11-23(24)35-25)29-30-26(32)20-8-5-6-10-22(20)31/h5-6,8,10,12-15,31H,3-4,7,9,11,16H2,1-2H3,(H,28,33)(H,30,32)/b29-21+. The number of hydrogen-bond donors (Lipinski definition) is 3. The molecule has 8 heteroatoms. The van der Waals surface area contributed by atoms with Crippen molar-refractivity contribution in [3.63, 3.8) is 0 Å². The molecule has 0 unspecified atom stereocenters. The van der Waals surface area contributed by atoms with E-state index in [-0.39, 0.29) is 23.0 Å². The Bertz CT molecular complexity index is 1240. The Kier molecular flexibility index (Phi) is 7.50. The van der Waals surface area contributed by atoms with Gasteiger partial charge >= 0.3 is 0 Å². The molecule has 4 rings (SSSR count). The Morgan fingerprint density at radius 1 is 1.09 bits per heavy atom. The lowest BCUT2D eigenvalue weighted by Gasteiger charge is -2.13. The molecule has 1 aliphatic rings.